The summed E-state index contributed by atoms with van der Waals surface area (Å²) in [5.74, 6) is 1.49. The van der Waals surface area contributed by atoms with Crippen molar-refractivity contribution in [2.75, 3.05) is 17.8 Å². The monoisotopic (exact) mass is 374 g/mol. The van der Waals surface area contributed by atoms with Crippen LogP contribution in [0.15, 0.2) is 29.2 Å². The lowest BCUT2D eigenvalue weighted by Gasteiger charge is -2.02. The van der Waals surface area contributed by atoms with Gasteiger partial charge in [-0.05, 0) is 63.9 Å². The van der Waals surface area contributed by atoms with Gasteiger partial charge in [-0.15, -0.1) is 0 Å². The molecule has 0 bridgehead atoms. The molecule has 1 aromatic carbocycles. The summed E-state index contributed by atoms with van der Waals surface area (Å²) in [6, 6.07) is 6.93. The Bertz CT molecular complexity index is 400. The molecule has 0 aliphatic heterocycles. The Kier molecular flexibility index (Phi) is 5.80. The average Bonchev–Trinajstić information content (AvgIpc) is 2.18. The summed E-state index contributed by atoms with van der Waals surface area (Å²) in [5.41, 5.74) is 0. The average molecular weight is 374 g/mol. The maximum Gasteiger partial charge on any atom is 0.230 e. The van der Waals surface area contributed by atoms with Gasteiger partial charge < -0.3 is 0 Å². The summed E-state index contributed by atoms with van der Waals surface area (Å²) >= 11 is 3.81. The van der Waals surface area contributed by atoms with Crippen LogP contribution < -0.4 is 0 Å². The zero-order chi connectivity index (χ0) is 11.3. The van der Waals surface area contributed by atoms with E-state index in [-0.39, 0.29) is 0 Å². The standard InChI is InChI=1S/C9H11IO2S3/c1-13-6-7-14-15(11,12)9-4-2-8(10)3-5-9/h2-5H,6-7H2,1H3. The Morgan fingerprint density at radius 1 is 1.20 bits per heavy atom. The molecule has 1 rings (SSSR count). The first-order chi connectivity index (χ1) is 7.06. The summed E-state index contributed by atoms with van der Waals surface area (Å²) in [6.07, 6.45) is 1.97. The Balaban J connectivity index is 2.73. The fraction of sp³-hybridized carbons (Fsp3) is 0.333. The minimum absolute atomic E-state index is 0.397. The summed E-state index contributed by atoms with van der Waals surface area (Å²) < 4.78 is 24.6. The Morgan fingerprint density at radius 2 is 1.80 bits per heavy atom. The molecular weight excluding hydrogens is 363 g/mol. The maximum atomic E-state index is 11.8. The van der Waals surface area contributed by atoms with Crippen molar-refractivity contribution < 1.29 is 8.42 Å². The van der Waals surface area contributed by atoms with Crippen molar-refractivity contribution in [3.8, 4) is 0 Å². The van der Waals surface area contributed by atoms with Crippen LogP contribution in [0.3, 0.4) is 0 Å². The van der Waals surface area contributed by atoms with E-state index in [1.54, 1.807) is 23.9 Å². The number of rotatable bonds is 5. The van der Waals surface area contributed by atoms with Crippen molar-refractivity contribution in [1.29, 1.82) is 0 Å². The normalized spacial score (nSPS) is 11.6. The molecule has 84 valence electrons. The van der Waals surface area contributed by atoms with Gasteiger partial charge in [0, 0.05) is 15.1 Å². The summed E-state index contributed by atoms with van der Waals surface area (Å²) in [4.78, 5) is 0.397. The van der Waals surface area contributed by atoms with Gasteiger partial charge in [-0.25, -0.2) is 8.42 Å². The first kappa shape index (κ1) is 13.7. The van der Waals surface area contributed by atoms with Gasteiger partial charge in [-0.3, -0.25) is 0 Å². The zero-order valence-electron chi connectivity index (χ0n) is 8.14. The molecule has 0 N–H and O–H groups in total. The lowest BCUT2D eigenvalue weighted by molar-refractivity contribution is 0.610. The molecule has 0 aliphatic carbocycles. The summed E-state index contributed by atoms with van der Waals surface area (Å²) in [7, 11) is -2.14. The van der Waals surface area contributed by atoms with E-state index in [9.17, 15) is 8.42 Å². The van der Waals surface area contributed by atoms with Gasteiger partial charge in [-0.1, -0.05) is 0 Å². The van der Waals surface area contributed by atoms with Crippen LogP contribution in [-0.2, 0) is 8.87 Å². The highest BCUT2D eigenvalue weighted by atomic mass is 127. The largest absolute Gasteiger partial charge is 0.230 e. The van der Waals surface area contributed by atoms with E-state index in [0.717, 1.165) is 20.1 Å². The molecule has 0 unspecified atom stereocenters. The molecule has 2 nitrogen and oxygen atoms in total. The van der Waals surface area contributed by atoms with Crippen LogP contribution in [0.1, 0.15) is 0 Å². The quantitative estimate of drug-likeness (QED) is 0.451. The van der Waals surface area contributed by atoms with Gasteiger partial charge in [0.2, 0.25) is 8.87 Å². The van der Waals surface area contributed by atoms with Crippen molar-refractivity contribution in [1.82, 2.24) is 0 Å². The van der Waals surface area contributed by atoms with E-state index >= 15 is 0 Å². The van der Waals surface area contributed by atoms with Gasteiger partial charge in [0.15, 0.2) is 0 Å². The minimum Gasteiger partial charge on any atom is -0.212 e. The zero-order valence-corrected chi connectivity index (χ0v) is 12.7. The lowest BCUT2D eigenvalue weighted by atomic mass is 10.4. The van der Waals surface area contributed by atoms with E-state index in [2.05, 4.69) is 22.6 Å². The van der Waals surface area contributed by atoms with Crippen molar-refractivity contribution in [2.45, 2.75) is 4.90 Å². The van der Waals surface area contributed by atoms with Gasteiger partial charge in [0.1, 0.15) is 0 Å². The fourth-order valence-corrected chi connectivity index (χ4v) is 5.03. The van der Waals surface area contributed by atoms with E-state index in [4.69, 9.17) is 0 Å². The van der Waals surface area contributed by atoms with E-state index in [1.165, 1.54) is 0 Å². The predicted octanol–water partition coefficient (Wildman–Crippen LogP) is 3.08. The second kappa shape index (κ2) is 6.36. The Hall–Kier alpha value is 0.600. The second-order valence-electron chi connectivity index (χ2n) is 2.72. The van der Waals surface area contributed by atoms with Crippen molar-refractivity contribution in [3.63, 3.8) is 0 Å². The molecule has 0 saturated carbocycles. The lowest BCUT2D eigenvalue weighted by Crippen LogP contribution is -1.97. The van der Waals surface area contributed by atoms with Gasteiger partial charge in [0.25, 0.3) is 0 Å². The molecule has 0 aliphatic rings. The number of benzene rings is 1. The molecule has 0 saturated heterocycles. The summed E-state index contributed by atoms with van der Waals surface area (Å²) in [5, 5.41) is 0. The molecule has 0 heterocycles. The van der Waals surface area contributed by atoms with Crippen LogP contribution in [0.5, 0.6) is 0 Å². The molecule has 0 atom stereocenters. The minimum atomic E-state index is -3.15. The SMILES string of the molecule is CSCCSS(=O)(=O)c1ccc(I)cc1. The highest BCUT2D eigenvalue weighted by Gasteiger charge is 2.14. The fourth-order valence-electron chi connectivity index (χ4n) is 0.896. The third kappa shape index (κ3) is 4.54. The van der Waals surface area contributed by atoms with Gasteiger partial charge in [-0.2, -0.15) is 11.8 Å². The van der Waals surface area contributed by atoms with Gasteiger partial charge >= 0.3 is 0 Å². The Labute approximate surface area is 112 Å². The third-order valence-corrected chi connectivity index (χ3v) is 6.76. The number of hydrogen-bond acceptors (Lipinski definition) is 4. The second-order valence-corrected chi connectivity index (χ2v) is 9.00. The number of hydrogen-bond donors (Lipinski definition) is 0. The molecule has 15 heavy (non-hydrogen) atoms. The Morgan fingerprint density at radius 3 is 2.33 bits per heavy atom. The highest BCUT2D eigenvalue weighted by Crippen LogP contribution is 2.24. The number of halogens is 1. The highest BCUT2D eigenvalue weighted by molar-refractivity contribution is 14.1. The first-order valence-corrected chi connectivity index (χ1v) is 9.66. The molecule has 6 heteroatoms. The van der Waals surface area contributed by atoms with Crippen LogP contribution in [0.2, 0.25) is 0 Å². The van der Waals surface area contributed by atoms with Crippen molar-refractivity contribution in [3.05, 3.63) is 27.8 Å². The van der Waals surface area contributed by atoms with E-state index < -0.39 is 8.87 Å². The number of thioether (sulfide) groups is 1. The van der Waals surface area contributed by atoms with Crippen LogP contribution in [-0.4, -0.2) is 26.2 Å². The van der Waals surface area contributed by atoms with Crippen molar-refractivity contribution in [2.24, 2.45) is 0 Å². The maximum absolute atomic E-state index is 11.8. The molecule has 0 amide bonds. The van der Waals surface area contributed by atoms with Gasteiger partial charge in [0.05, 0.1) is 4.90 Å². The van der Waals surface area contributed by atoms with Crippen LogP contribution in [0.25, 0.3) is 0 Å². The molecule has 0 aromatic heterocycles. The molecule has 0 fully saturated rings. The first-order valence-electron chi connectivity index (χ1n) is 4.20. The van der Waals surface area contributed by atoms with E-state index in [0.29, 0.717) is 10.6 Å². The van der Waals surface area contributed by atoms with Crippen LogP contribution >= 0.6 is 45.1 Å². The topological polar surface area (TPSA) is 34.1 Å². The molecular formula is C9H11IO2S3. The molecule has 0 spiro atoms. The third-order valence-electron chi connectivity index (χ3n) is 1.63. The van der Waals surface area contributed by atoms with Crippen molar-refractivity contribution >= 4 is 54.0 Å². The van der Waals surface area contributed by atoms with Crippen LogP contribution in [0.4, 0.5) is 0 Å². The molecule has 1 aromatic rings. The predicted molar refractivity (Wildman–Crippen MR) is 77.2 cm³/mol. The smallest absolute Gasteiger partial charge is 0.212 e. The van der Waals surface area contributed by atoms with Crippen LogP contribution in [0, 0.1) is 3.57 Å². The molecule has 0 radical (unpaired) electrons. The van der Waals surface area contributed by atoms with E-state index in [1.807, 2.05) is 18.4 Å². The summed E-state index contributed by atoms with van der Waals surface area (Å²) in [6.45, 7) is 0.